The Balaban J connectivity index is -0.000000320. The van der Waals surface area contributed by atoms with Crippen LogP contribution in [0.1, 0.15) is 0 Å². The van der Waals surface area contributed by atoms with Crippen LogP contribution in [-0.2, 0) is 40.7 Å². The van der Waals surface area contributed by atoms with E-state index in [0.29, 0.717) is 0 Å². The van der Waals surface area contributed by atoms with E-state index in [1.807, 2.05) is 0 Å². The molecule has 0 aromatic heterocycles. The van der Waals surface area contributed by atoms with E-state index >= 15 is 0 Å². The molecule has 0 rings (SSSR count). The van der Waals surface area contributed by atoms with E-state index in [0.717, 1.165) is 0 Å². The van der Waals surface area contributed by atoms with Gasteiger partial charge in [0.1, 0.15) is 0 Å². The molecule has 11 heteroatoms. The number of phosphoric acid groups is 2. The van der Waals surface area contributed by atoms with Crippen LogP contribution in [0, 0.1) is 0 Å². The first-order chi connectivity index (χ1) is 3.71. The van der Waals surface area contributed by atoms with Crippen LogP contribution in [-0.4, -0.2) is 4.89 Å². The van der Waals surface area contributed by atoms with Crippen molar-refractivity contribution in [2.45, 2.75) is 0 Å². The minimum absolute atomic E-state index is 0. The molecule has 0 aliphatic carbocycles. The molecule has 0 aromatic rings. The third-order valence-electron chi connectivity index (χ3n) is 0.203. The summed E-state index contributed by atoms with van der Waals surface area (Å²) in [5, 5.41) is 0. The molecular weight excluding hydrogens is 300 g/mol. The molecule has 0 aromatic carbocycles. The van der Waals surface area contributed by atoms with Gasteiger partial charge in [-0.3, -0.25) is 8.88 Å². The van der Waals surface area contributed by atoms with Gasteiger partial charge in [0.05, 0.1) is 7.82 Å². The Hall–Kier alpha value is 1.14. The molecule has 0 radical (unpaired) electrons. The summed E-state index contributed by atoms with van der Waals surface area (Å²) in [7, 11) is -11.0. The quantitative estimate of drug-likeness (QED) is 0.425. The third-order valence-corrected chi connectivity index (χ3v) is 1.83. The van der Waals surface area contributed by atoms with Gasteiger partial charge >= 0.3 is 27.3 Å². The van der Waals surface area contributed by atoms with Gasteiger partial charge in [0, 0.05) is 0 Å². The van der Waals surface area contributed by atoms with Gasteiger partial charge in [-0.25, -0.2) is 0 Å². The number of hydrogen-bond acceptors (Lipinski definition) is 6. The predicted molar refractivity (Wildman–Crippen MR) is 24.5 cm³/mol. The number of quaternary nitrogens is 1. The van der Waals surface area contributed by atoms with Crippen LogP contribution >= 0.6 is 15.6 Å². The summed E-state index contributed by atoms with van der Waals surface area (Å²) < 4.78 is 21.4. The molecule has 0 aliphatic rings. The largest absolute Gasteiger partial charge is 2.00 e. The molecule has 1 atom stereocenters. The smallest absolute Gasteiger partial charge is 0.790 e. The van der Waals surface area contributed by atoms with Crippen molar-refractivity contribution in [3.63, 3.8) is 0 Å². The SMILES string of the molecule is O=P([O-])([O-])OP(=O)([O-])O.[Cd+2].[NH4+]. The van der Waals surface area contributed by atoms with Gasteiger partial charge in [0.2, 0.25) is 0 Å². The summed E-state index contributed by atoms with van der Waals surface area (Å²) in [6.07, 6.45) is 0. The van der Waals surface area contributed by atoms with E-state index in [9.17, 15) is 23.8 Å². The molecule has 0 fully saturated rings. The summed E-state index contributed by atoms with van der Waals surface area (Å²) in [5.41, 5.74) is 0. The second-order valence-electron chi connectivity index (χ2n) is 0.997. The fourth-order valence-electron chi connectivity index (χ4n) is 0.126. The molecular formula is H5CdNO7P2. The van der Waals surface area contributed by atoms with Crippen molar-refractivity contribution in [2.75, 3.05) is 0 Å². The van der Waals surface area contributed by atoms with Crippen LogP contribution in [0.15, 0.2) is 0 Å². The van der Waals surface area contributed by atoms with Gasteiger partial charge in [-0.15, -0.1) is 0 Å². The molecule has 0 aliphatic heterocycles. The Labute approximate surface area is 82.2 Å². The Morgan fingerprint density at radius 1 is 1.18 bits per heavy atom. The second-order valence-corrected chi connectivity index (χ2v) is 3.48. The first-order valence-electron chi connectivity index (χ1n) is 1.48. The molecule has 0 bridgehead atoms. The third kappa shape index (κ3) is 18.3. The number of hydrogen-bond donors (Lipinski definition) is 2. The predicted octanol–water partition coefficient (Wildman–Crippen LogP) is -2.33. The maximum absolute atomic E-state index is 9.44. The first-order valence-corrected chi connectivity index (χ1v) is 4.43. The molecule has 5 N–H and O–H groups in total. The van der Waals surface area contributed by atoms with Crippen LogP contribution in [0.4, 0.5) is 0 Å². The van der Waals surface area contributed by atoms with E-state index in [-0.39, 0.29) is 33.4 Å². The van der Waals surface area contributed by atoms with Crippen LogP contribution in [0.25, 0.3) is 0 Å². The van der Waals surface area contributed by atoms with Gasteiger partial charge in [-0.1, -0.05) is 0 Å². The fourth-order valence-corrected chi connectivity index (χ4v) is 1.14. The maximum atomic E-state index is 9.44. The van der Waals surface area contributed by atoms with E-state index in [4.69, 9.17) is 4.89 Å². The summed E-state index contributed by atoms with van der Waals surface area (Å²) in [6.45, 7) is 0. The molecule has 1 unspecified atom stereocenters. The van der Waals surface area contributed by atoms with Crippen molar-refractivity contribution in [3.05, 3.63) is 0 Å². The van der Waals surface area contributed by atoms with E-state index in [1.54, 1.807) is 0 Å². The molecule has 64 valence electrons. The van der Waals surface area contributed by atoms with Gasteiger partial charge < -0.3 is 30.3 Å². The first kappa shape index (κ1) is 18.0. The van der Waals surface area contributed by atoms with E-state index < -0.39 is 15.6 Å². The van der Waals surface area contributed by atoms with Crippen LogP contribution in [0.2, 0.25) is 0 Å². The maximum Gasteiger partial charge on any atom is 2.00 e. The average Bonchev–Trinajstić information content (AvgIpc) is 1.14. The summed E-state index contributed by atoms with van der Waals surface area (Å²) in [5.74, 6) is 0. The zero-order chi connectivity index (χ0) is 7.71. The van der Waals surface area contributed by atoms with Gasteiger partial charge in [-0.05, 0) is 0 Å². The van der Waals surface area contributed by atoms with Crippen LogP contribution < -0.4 is 20.8 Å². The monoisotopic (exact) mass is 307 g/mol. The zero-order valence-electron chi connectivity index (χ0n) is 5.50. The molecule has 0 heterocycles. The topological polar surface area (TPSA) is 169 Å². The Kier molecular flexibility index (Phi) is 9.40. The summed E-state index contributed by atoms with van der Waals surface area (Å²) in [4.78, 5) is 35.7. The van der Waals surface area contributed by atoms with Crippen molar-refractivity contribution in [1.29, 1.82) is 0 Å². The van der Waals surface area contributed by atoms with E-state index in [1.165, 1.54) is 0 Å². The van der Waals surface area contributed by atoms with Crippen molar-refractivity contribution in [3.8, 4) is 0 Å². The fraction of sp³-hybridized carbons (Fsp3) is 0. The van der Waals surface area contributed by atoms with Gasteiger partial charge in [0.15, 0.2) is 0 Å². The second kappa shape index (κ2) is 5.73. The summed E-state index contributed by atoms with van der Waals surface area (Å²) in [6, 6.07) is 0. The number of rotatable bonds is 2. The molecule has 0 spiro atoms. The normalized spacial score (nSPS) is 15.6. The van der Waals surface area contributed by atoms with Crippen molar-refractivity contribution >= 4 is 15.6 Å². The standard InChI is InChI=1S/Cd.H3N.H4O7P2/c;;1-8(2,3)7-9(4,5)6/h;1H3;(H2,1,2,3)(H2,4,5,6)/q+2;;/p-2. The van der Waals surface area contributed by atoms with E-state index in [2.05, 4.69) is 4.31 Å². The average molecular weight is 305 g/mol. The Morgan fingerprint density at radius 3 is 1.45 bits per heavy atom. The van der Waals surface area contributed by atoms with Crippen LogP contribution in [0.3, 0.4) is 0 Å². The van der Waals surface area contributed by atoms with Crippen molar-refractivity contribution in [1.82, 2.24) is 6.15 Å². The van der Waals surface area contributed by atoms with Crippen molar-refractivity contribution < 1.29 is 60.3 Å². The van der Waals surface area contributed by atoms with Gasteiger partial charge in [0.25, 0.3) is 7.82 Å². The minimum atomic E-state index is -5.61. The molecule has 11 heavy (non-hydrogen) atoms. The van der Waals surface area contributed by atoms with Crippen molar-refractivity contribution in [2.24, 2.45) is 0 Å². The Morgan fingerprint density at radius 2 is 1.45 bits per heavy atom. The molecule has 0 saturated carbocycles. The summed E-state index contributed by atoms with van der Waals surface area (Å²) >= 11 is 0. The Bertz CT molecular complexity index is 157. The molecule has 0 amide bonds. The van der Waals surface area contributed by atoms with Crippen LogP contribution in [0.5, 0.6) is 0 Å². The van der Waals surface area contributed by atoms with Gasteiger partial charge in [-0.2, -0.15) is 0 Å². The zero-order valence-corrected chi connectivity index (χ0v) is 11.3. The molecule has 8 nitrogen and oxygen atoms in total. The molecule has 0 saturated heterocycles. The minimum Gasteiger partial charge on any atom is -0.790 e.